The van der Waals surface area contributed by atoms with Crippen LogP contribution in [0.25, 0.3) is 0 Å². The number of aromatic nitrogens is 1. The quantitative estimate of drug-likeness (QED) is 0.855. The maximum absolute atomic E-state index is 12.1. The van der Waals surface area contributed by atoms with E-state index < -0.39 is 0 Å². The van der Waals surface area contributed by atoms with Crippen molar-refractivity contribution in [2.45, 2.75) is 25.8 Å². The van der Waals surface area contributed by atoms with Gasteiger partial charge in [-0.2, -0.15) is 0 Å². The molecule has 1 amide bonds. The van der Waals surface area contributed by atoms with Gasteiger partial charge in [0.05, 0.1) is 5.56 Å². The van der Waals surface area contributed by atoms with Gasteiger partial charge in [0.15, 0.2) is 0 Å². The molecule has 17 heavy (non-hydrogen) atoms. The van der Waals surface area contributed by atoms with Crippen molar-refractivity contribution >= 4 is 5.91 Å². The minimum absolute atomic E-state index is 0.105. The van der Waals surface area contributed by atoms with Gasteiger partial charge < -0.3 is 10.2 Å². The molecule has 1 aliphatic rings. The van der Waals surface area contributed by atoms with E-state index in [1.807, 2.05) is 11.0 Å². The highest BCUT2D eigenvalue weighted by atomic mass is 16.2. The summed E-state index contributed by atoms with van der Waals surface area (Å²) in [5, 5.41) is 3.43. The third kappa shape index (κ3) is 3.03. The highest BCUT2D eigenvalue weighted by Crippen LogP contribution is 2.13. The molecular formula is C13H19N3O. The second-order valence-electron chi connectivity index (χ2n) is 4.37. The third-order valence-corrected chi connectivity index (χ3v) is 3.18. The average Bonchev–Trinajstić information content (AvgIpc) is 2.40. The first-order valence-electron chi connectivity index (χ1n) is 6.24. The standard InChI is InChI=1S/C13H19N3O/c1-2-15-12-5-8-16(9-6-12)13(17)11-4-3-7-14-10-11/h3-4,7,10,12,15H,2,5-6,8-9H2,1H3. The minimum atomic E-state index is 0.105. The van der Waals surface area contributed by atoms with Crippen LogP contribution in [-0.4, -0.2) is 41.5 Å². The summed E-state index contributed by atoms with van der Waals surface area (Å²) in [5.74, 6) is 0.105. The summed E-state index contributed by atoms with van der Waals surface area (Å²) in [6.07, 6.45) is 5.41. The van der Waals surface area contributed by atoms with Crippen LogP contribution in [0.3, 0.4) is 0 Å². The van der Waals surface area contributed by atoms with Crippen LogP contribution in [0, 0.1) is 0 Å². The Balaban J connectivity index is 1.91. The summed E-state index contributed by atoms with van der Waals surface area (Å²) in [6, 6.07) is 4.20. The van der Waals surface area contributed by atoms with E-state index in [2.05, 4.69) is 17.2 Å². The Morgan fingerprint density at radius 3 is 2.88 bits per heavy atom. The number of amides is 1. The predicted molar refractivity (Wildman–Crippen MR) is 66.8 cm³/mol. The molecule has 0 aromatic carbocycles. The number of carbonyl (C=O) groups is 1. The number of nitrogens with one attached hydrogen (secondary N) is 1. The Morgan fingerprint density at radius 2 is 2.29 bits per heavy atom. The molecule has 2 heterocycles. The highest BCUT2D eigenvalue weighted by Gasteiger charge is 2.22. The first kappa shape index (κ1) is 12.0. The first-order chi connectivity index (χ1) is 8.31. The maximum atomic E-state index is 12.1. The largest absolute Gasteiger partial charge is 0.338 e. The normalized spacial score (nSPS) is 17.1. The zero-order valence-corrected chi connectivity index (χ0v) is 10.2. The van der Waals surface area contributed by atoms with Crippen LogP contribution in [0.4, 0.5) is 0 Å². The molecule has 0 radical (unpaired) electrons. The second kappa shape index (κ2) is 5.77. The number of hydrogen-bond donors (Lipinski definition) is 1. The molecule has 0 saturated carbocycles. The van der Waals surface area contributed by atoms with Gasteiger partial charge >= 0.3 is 0 Å². The molecule has 0 unspecified atom stereocenters. The zero-order valence-electron chi connectivity index (χ0n) is 10.2. The molecule has 0 atom stereocenters. The Morgan fingerprint density at radius 1 is 1.53 bits per heavy atom. The van der Waals surface area contributed by atoms with E-state index >= 15 is 0 Å². The number of likely N-dealkylation sites (tertiary alicyclic amines) is 1. The molecule has 1 fully saturated rings. The van der Waals surface area contributed by atoms with Gasteiger partial charge in [0.1, 0.15) is 0 Å². The van der Waals surface area contributed by atoms with Gasteiger partial charge in [-0.25, -0.2) is 0 Å². The molecule has 1 aromatic rings. The Hall–Kier alpha value is -1.42. The van der Waals surface area contributed by atoms with Gasteiger partial charge in [0.25, 0.3) is 5.91 Å². The van der Waals surface area contributed by atoms with Crippen molar-refractivity contribution in [2.75, 3.05) is 19.6 Å². The van der Waals surface area contributed by atoms with Crippen LogP contribution in [0.5, 0.6) is 0 Å². The summed E-state index contributed by atoms with van der Waals surface area (Å²) >= 11 is 0. The highest BCUT2D eigenvalue weighted by molar-refractivity contribution is 5.93. The molecule has 1 aliphatic heterocycles. The topological polar surface area (TPSA) is 45.2 Å². The summed E-state index contributed by atoms with van der Waals surface area (Å²) < 4.78 is 0. The van der Waals surface area contributed by atoms with Gasteiger partial charge in [0.2, 0.25) is 0 Å². The lowest BCUT2D eigenvalue weighted by molar-refractivity contribution is 0.0705. The van der Waals surface area contributed by atoms with Gasteiger partial charge in [-0.1, -0.05) is 6.92 Å². The van der Waals surface area contributed by atoms with Crippen molar-refractivity contribution in [1.82, 2.24) is 15.2 Å². The van der Waals surface area contributed by atoms with Crippen LogP contribution >= 0.6 is 0 Å². The Bertz CT molecular complexity index is 358. The van der Waals surface area contributed by atoms with Crippen LogP contribution < -0.4 is 5.32 Å². The van der Waals surface area contributed by atoms with Gasteiger partial charge in [-0.05, 0) is 31.5 Å². The van der Waals surface area contributed by atoms with Crippen molar-refractivity contribution in [2.24, 2.45) is 0 Å². The van der Waals surface area contributed by atoms with Crippen LogP contribution in [-0.2, 0) is 0 Å². The lowest BCUT2D eigenvalue weighted by atomic mass is 10.0. The van der Waals surface area contributed by atoms with E-state index in [1.54, 1.807) is 18.5 Å². The third-order valence-electron chi connectivity index (χ3n) is 3.18. The molecule has 4 nitrogen and oxygen atoms in total. The van der Waals surface area contributed by atoms with Crippen molar-refractivity contribution in [3.05, 3.63) is 30.1 Å². The lowest BCUT2D eigenvalue weighted by Gasteiger charge is -2.32. The van der Waals surface area contributed by atoms with Gasteiger partial charge in [-0.3, -0.25) is 9.78 Å². The summed E-state index contributed by atoms with van der Waals surface area (Å²) in [7, 11) is 0. The fraction of sp³-hybridized carbons (Fsp3) is 0.538. The number of rotatable bonds is 3. The van der Waals surface area contributed by atoms with Gasteiger partial charge in [-0.15, -0.1) is 0 Å². The molecule has 92 valence electrons. The molecule has 1 aromatic heterocycles. The Kier molecular flexibility index (Phi) is 4.09. The fourth-order valence-electron chi connectivity index (χ4n) is 2.25. The molecule has 0 aliphatic carbocycles. The zero-order chi connectivity index (χ0) is 12.1. The molecule has 2 rings (SSSR count). The molecule has 1 saturated heterocycles. The fourth-order valence-corrected chi connectivity index (χ4v) is 2.25. The van der Waals surface area contributed by atoms with Crippen molar-refractivity contribution in [3.8, 4) is 0 Å². The molecule has 0 bridgehead atoms. The number of carbonyl (C=O) groups excluding carboxylic acids is 1. The SMILES string of the molecule is CCNC1CCN(C(=O)c2cccnc2)CC1. The number of pyridine rings is 1. The van der Waals surface area contributed by atoms with Crippen LogP contribution in [0.15, 0.2) is 24.5 Å². The first-order valence-corrected chi connectivity index (χ1v) is 6.24. The molecular weight excluding hydrogens is 214 g/mol. The molecule has 1 N–H and O–H groups in total. The van der Waals surface area contributed by atoms with E-state index in [9.17, 15) is 4.79 Å². The van der Waals surface area contributed by atoms with Crippen molar-refractivity contribution in [1.29, 1.82) is 0 Å². The summed E-state index contributed by atoms with van der Waals surface area (Å²) in [6.45, 7) is 4.80. The average molecular weight is 233 g/mol. The monoisotopic (exact) mass is 233 g/mol. The maximum Gasteiger partial charge on any atom is 0.255 e. The smallest absolute Gasteiger partial charge is 0.255 e. The summed E-state index contributed by atoms with van der Waals surface area (Å²) in [4.78, 5) is 18.0. The van der Waals surface area contributed by atoms with E-state index in [1.165, 1.54) is 0 Å². The van der Waals surface area contributed by atoms with Gasteiger partial charge in [0, 0.05) is 31.5 Å². The molecule has 0 spiro atoms. The van der Waals surface area contributed by atoms with E-state index in [0.29, 0.717) is 11.6 Å². The lowest BCUT2D eigenvalue weighted by Crippen LogP contribution is -2.44. The number of nitrogens with zero attached hydrogens (tertiary/aromatic N) is 2. The number of piperidine rings is 1. The van der Waals surface area contributed by atoms with Crippen molar-refractivity contribution < 1.29 is 4.79 Å². The van der Waals surface area contributed by atoms with Crippen LogP contribution in [0.2, 0.25) is 0 Å². The van der Waals surface area contributed by atoms with E-state index in [4.69, 9.17) is 0 Å². The van der Waals surface area contributed by atoms with Crippen LogP contribution in [0.1, 0.15) is 30.1 Å². The minimum Gasteiger partial charge on any atom is -0.338 e. The predicted octanol–water partition coefficient (Wildman–Crippen LogP) is 1.30. The number of hydrogen-bond acceptors (Lipinski definition) is 3. The molecule has 4 heteroatoms. The second-order valence-corrected chi connectivity index (χ2v) is 4.37. The Labute approximate surface area is 102 Å². The van der Waals surface area contributed by atoms with Crippen molar-refractivity contribution in [3.63, 3.8) is 0 Å². The van der Waals surface area contributed by atoms with E-state index in [0.717, 1.165) is 32.5 Å². The summed E-state index contributed by atoms with van der Waals surface area (Å²) in [5.41, 5.74) is 0.689. The van der Waals surface area contributed by atoms with E-state index in [-0.39, 0.29) is 5.91 Å².